The third-order valence-corrected chi connectivity index (χ3v) is 5.76. The van der Waals surface area contributed by atoms with E-state index < -0.39 is 5.60 Å². The van der Waals surface area contributed by atoms with E-state index in [1.165, 1.54) is 0 Å². The third kappa shape index (κ3) is 5.11. The van der Waals surface area contributed by atoms with Crippen LogP contribution in [0.1, 0.15) is 38.8 Å². The molecule has 1 amide bonds. The normalized spacial score (nSPS) is 24.9. The fraction of sp³-hybridized carbons (Fsp3) is 0.727. The first-order chi connectivity index (χ1) is 14.5. The summed E-state index contributed by atoms with van der Waals surface area (Å²) in [6, 6.07) is 3.70. The van der Waals surface area contributed by atoms with Gasteiger partial charge in [-0.2, -0.15) is 0 Å². The highest BCUT2D eigenvalue weighted by molar-refractivity contribution is 5.93. The van der Waals surface area contributed by atoms with E-state index in [0.29, 0.717) is 12.3 Å². The summed E-state index contributed by atoms with van der Waals surface area (Å²) >= 11 is 0. The lowest BCUT2D eigenvalue weighted by Gasteiger charge is -2.55. The first-order valence-corrected chi connectivity index (χ1v) is 10.8. The van der Waals surface area contributed by atoms with Crippen LogP contribution in [-0.2, 0) is 25.4 Å². The standard InChI is InChI=1S/C22H35N3O5/c1-16(2)11-20-22(29-15-28-4,21(26)25(20)14-27-3)13-17-12-19(7-10-24-17)30-18-5-8-23-9-6-18/h7,10,12,16,18,20,23H,5-6,8-9,11,13-15H2,1-4H3/t20-,22+/m0/s1. The maximum absolute atomic E-state index is 13.2. The summed E-state index contributed by atoms with van der Waals surface area (Å²) in [5, 5.41) is 3.34. The Kier molecular flexibility index (Phi) is 8.05. The van der Waals surface area contributed by atoms with Crippen LogP contribution in [0.4, 0.5) is 0 Å². The van der Waals surface area contributed by atoms with Gasteiger partial charge in [0.25, 0.3) is 5.91 Å². The number of hydrogen-bond acceptors (Lipinski definition) is 7. The summed E-state index contributed by atoms with van der Waals surface area (Å²) in [5.74, 6) is 1.10. The van der Waals surface area contributed by atoms with E-state index in [4.69, 9.17) is 18.9 Å². The number of likely N-dealkylation sites (tertiary alicyclic amines) is 1. The number of ether oxygens (including phenoxy) is 4. The van der Waals surface area contributed by atoms with E-state index in [1.807, 2.05) is 12.1 Å². The van der Waals surface area contributed by atoms with Crippen molar-refractivity contribution < 1.29 is 23.7 Å². The molecule has 2 atom stereocenters. The molecule has 2 aliphatic heterocycles. The highest BCUT2D eigenvalue weighted by Crippen LogP contribution is 2.41. The predicted molar refractivity (Wildman–Crippen MR) is 112 cm³/mol. The molecule has 0 aliphatic carbocycles. The Morgan fingerprint density at radius 3 is 2.70 bits per heavy atom. The molecule has 1 aromatic rings. The number of β-lactam (4-membered cyclic amide) rings is 1. The molecule has 2 aliphatic rings. The quantitative estimate of drug-likeness (QED) is 0.432. The molecule has 0 aromatic carbocycles. The van der Waals surface area contributed by atoms with Crippen LogP contribution in [0, 0.1) is 5.92 Å². The van der Waals surface area contributed by atoms with E-state index in [2.05, 4.69) is 24.1 Å². The van der Waals surface area contributed by atoms with Crippen molar-refractivity contribution in [2.24, 2.45) is 5.92 Å². The minimum Gasteiger partial charge on any atom is -0.490 e. The Hall–Kier alpha value is -1.74. The van der Waals surface area contributed by atoms with Crippen molar-refractivity contribution in [2.75, 3.05) is 40.8 Å². The second kappa shape index (κ2) is 10.5. The summed E-state index contributed by atoms with van der Waals surface area (Å²) in [5.41, 5.74) is -0.226. The number of carbonyl (C=O) groups excluding carboxylic acids is 1. The molecule has 30 heavy (non-hydrogen) atoms. The van der Waals surface area contributed by atoms with Crippen molar-refractivity contribution in [3.8, 4) is 5.75 Å². The zero-order valence-electron chi connectivity index (χ0n) is 18.6. The molecular formula is C22H35N3O5. The number of piperidine rings is 1. The molecule has 1 aromatic heterocycles. The monoisotopic (exact) mass is 421 g/mol. The largest absolute Gasteiger partial charge is 0.490 e. The Bertz CT molecular complexity index is 695. The Labute approximate surface area is 179 Å². The van der Waals surface area contributed by atoms with Crippen LogP contribution in [-0.4, -0.2) is 74.4 Å². The highest BCUT2D eigenvalue weighted by atomic mass is 16.7. The van der Waals surface area contributed by atoms with Gasteiger partial charge in [0.1, 0.15) is 25.4 Å². The molecule has 2 fully saturated rings. The molecule has 3 heterocycles. The van der Waals surface area contributed by atoms with Crippen LogP contribution >= 0.6 is 0 Å². The lowest BCUT2D eigenvalue weighted by atomic mass is 9.75. The van der Waals surface area contributed by atoms with E-state index >= 15 is 0 Å². The average molecular weight is 422 g/mol. The van der Waals surface area contributed by atoms with Gasteiger partial charge in [-0.05, 0) is 44.3 Å². The minimum atomic E-state index is -1.00. The third-order valence-electron chi connectivity index (χ3n) is 5.76. The van der Waals surface area contributed by atoms with Crippen LogP contribution in [0.5, 0.6) is 5.75 Å². The van der Waals surface area contributed by atoms with Gasteiger partial charge >= 0.3 is 0 Å². The molecule has 0 radical (unpaired) electrons. The molecule has 3 rings (SSSR count). The van der Waals surface area contributed by atoms with Crippen molar-refractivity contribution in [2.45, 2.75) is 57.3 Å². The second-order valence-electron chi connectivity index (χ2n) is 8.51. The Morgan fingerprint density at radius 1 is 1.27 bits per heavy atom. The fourth-order valence-electron chi connectivity index (χ4n) is 4.33. The molecule has 168 valence electrons. The van der Waals surface area contributed by atoms with Crippen LogP contribution < -0.4 is 10.1 Å². The lowest BCUT2D eigenvalue weighted by Crippen LogP contribution is -2.76. The molecule has 8 nitrogen and oxygen atoms in total. The number of rotatable bonds is 11. The highest BCUT2D eigenvalue weighted by Gasteiger charge is 2.62. The predicted octanol–water partition coefficient (Wildman–Crippen LogP) is 1.97. The summed E-state index contributed by atoms with van der Waals surface area (Å²) in [6.45, 7) is 6.52. The zero-order chi connectivity index (χ0) is 21.6. The van der Waals surface area contributed by atoms with Gasteiger partial charge in [0.2, 0.25) is 0 Å². The molecule has 0 unspecified atom stereocenters. The number of hydrogen-bond donors (Lipinski definition) is 1. The van der Waals surface area contributed by atoms with Crippen LogP contribution in [0.2, 0.25) is 0 Å². The summed E-state index contributed by atoms with van der Waals surface area (Å²) < 4.78 is 22.6. The molecule has 0 spiro atoms. The Morgan fingerprint density at radius 2 is 2.03 bits per heavy atom. The van der Waals surface area contributed by atoms with Gasteiger partial charge in [-0.15, -0.1) is 0 Å². The Balaban J connectivity index is 1.80. The summed E-state index contributed by atoms with van der Waals surface area (Å²) in [6.07, 6.45) is 5.10. The average Bonchev–Trinajstić information content (AvgIpc) is 2.74. The number of amides is 1. The first kappa shape index (κ1) is 22.9. The molecule has 2 saturated heterocycles. The fourth-order valence-corrected chi connectivity index (χ4v) is 4.33. The maximum Gasteiger partial charge on any atom is 0.259 e. The maximum atomic E-state index is 13.2. The van der Waals surface area contributed by atoms with Gasteiger partial charge in [-0.1, -0.05) is 13.8 Å². The number of nitrogens with zero attached hydrogens (tertiary/aromatic N) is 2. The van der Waals surface area contributed by atoms with E-state index in [1.54, 1.807) is 25.3 Å². The van der Waals surface area contributed by atoms with Crippen LogP contribution in [0.15, 0.2) is 18.3 Å². The van der Waals surface area contributed by atoms with Gasteiger partial charge in [0.05, 0.1) is 6.04 Å². The van der Waals surface area contributed by atoms with Gasteiger partial charge in [-0.3, -0.25) is 9.78 Å². The second-order valence-corrected chi connectivity index (χ2v) is 8.51. The van der Waals surface area contributed by atoms with Gasteiger partial charge < -0.3 is 29.2 Å². The van der Waals surface area contributed by atoms with Crippen molar-refractivity contribution >= 4 is 5.91 Å². The van der Waals surface area contributed by atoms with E-state index in [9.17, 15) is 4.79 Å². The van der Waals surface area contributed by atoms with Gasteiger partial charge in [-0.25, -0.2) is 0 Å². The minimum absolute atomic E-state index is 0.0480. The van der Waals surface area contributed by atoms with Crippen molar-refractivity contribution in [1.82, 2.24) is 15.2 Å². The van der Waals surface area contributed by atoms with Crippen LogP contribution in [0.25, 0.3) is 0 Å². The van der Waals surface area contributed by atoms with E-state index in [0.717, 1.165) is 43.8 Å². The van der Waals surface area contributed by atoms with Gasteiger partial charge in [0, 0.05) is 38.6 Å². The lowest BCUT2D eigenvalue weighted by molar-refractivity contribution is -0.235. The molecule has 0 saturated carbocycles. The molecular weight excluding hydrogens is 386 g/mol. The molecule has 1 N–H and O–H groups in total. The SMILES string of the molecule is COCO[C@@]1(Cc2cc(OC3CCNCC3)ccn2)C(=O)N(COC)[C@H]1CC(C)C. The van der Waals surface area contributed by atoms with Crippen molar-refractivity contribution in [3.05, 3.63) is 24.0 Å². The van der Waals surface area contributed by atoms with Crippen molar-refractivity contribution in [1.29, 1.82) is 0 Å². The summed E-state index contributed by atoms with van der Waals surface area (Å²) in [4.78, 5) is 19.4. The van der Waals surface area contributed by atoms with Gasteiger partial charge in [0.15, 0.2) is 5.60 Å². The molecule has 0 bridgehead atoms. The number of carbonyl (C=O) groups is 1. The van der Waals surface area contributed by atoms with Crippen LogP contribution in [0.3, 0.4) is 0 Å². The molecule has 8 heteroatoms. The van der Waals surface area contributed by atoms with Crippen molar-refractivity contribution in [3.63, 3.8) is 0 Å². The van der Waals surface area contributed by atoms with E-state index in [-0.39, 0.29) is 31.6 Å². The summed E-state index contributed by atoms with van der Waals surface area (Å²) in [7, 11) is 3.16. The smallest absolute Gasteiger partial charge is 0.259 e. The topological polar surface area (TPSA) is 82.2 Å². The number of aromatic nitrogens is 1. The zero-order valence-corrected chi connectivity index (χ0v) is 18.6. The number of methoxy groups -OCH3 is 2. The number of nitrogens with one attached hydrogen (secondary N) is 1. The number of pyridine rings is 1. The first-order valence-electron chi connectivity index (χ1n) is 10.8.